The summed E-state index contributed by atoms with van der Waals surface area (Å²) in [5, 5.41) is 0. The van der Waals surface area contributed by atoms with Crippen molar-refractivity contribution in [2.45, 2.75) is 18.7 Å². The van der Waals surface area contributed by atoms with Crippen LogP contribution in [0, 0.1) is 0 Å². The van der Waals surface area contributed by atoms with Gasteiger partial charge >= 0.3 is 6.18 Å². The molecule has 176 valence electrons. The number of hydrogen-bond donors (Lipinski definition) is 0. The van der Waals surface area contributed by atoms with E-state index in [-0.39, 0.29) is 5.88 Å². The minimum absolute atomic E-state index is 0.130. The molecule has 1 heterocycles. The molecule has 0 saturated carbocycles. The summed E-state index contributed by atoms with van der Waals surface area (Å²) in [5.41, 5.74) is 0.117. The van der Waals surface area contributed by atoms with Crippen molar-refractivity contribution < 1.29 is 31.1 Å². The first-order valence-electron chi connectivity index (χ1n) is 10.3. The molecule has 0 radical (unpaired) electrons. The van der Waals surface area contributed by atoms with Gasteiger partial charge in [0.1, 0.15) is 17.7 Å². The Morgan fingerprint density at radius 2 is 1.69 bits per heavy atom. The van der Waals surface area contributed by atoms with Gasteiger partial charge in [0.2, 0.25) is 10.0 Å². The van der Waals surface area contributed by atoms with Crippen LogP contribution in [0.1, 0.15) is 23.7 Å². The highest BCUT2D eigenvalue weighted by Crippen LogP contribution is 2.32. The molecule has 10 heteroatoms. The average molecular weight is 473 g/mol. The molecule has 0 spiro atoms. The monoisotopic (exact) mass is 472 g/mol. The van der Waals surface area contributed by atoms with Gasteiger partial charge in [0.25, 0.3) is 0 Å². The van der Waals surface area contributed by atoms with E-state index in [1.54, 1.807) is 11.9 Å². The Morgan fingerprint density at radius 3 is 2.28 bits per heavy atom. The van der Waals surface area contributed by atoms with Gasteiger partial charge in [-0.3, -0.25) is 4.90 Å². The van der Waals surface area contributed by atoms with Crippen LogP contribution in [0.5, 0.6) is 5.75 Å². The molecule has 0 N–H and O–H groups in total. The first-order valence-corrected chi connectivity index (χ1v) is 11.9. The quantitative estimate of drug-likeness (QED) is 0.556. The van der Waals surface area contributed by atoms with Crippen LogP contribution >= 0.6 is 0 Å². The molecule has 1 atom stereocenters. The van der Waals surface area contributed by atoms with E-state index in [4.69, 9.17) is 9.47 Å². The SMILES string of the molecule is CN(CCC(Oc1ccc(C(F)(F)F)cc1)c1ccccc1)CS(=O)(=O)N1CCOCC1. The second kappa shape index (κ2) is 10.7. The molecule has 2 aromatic rings. The third kappa shape index (κ3) is 6.93. The molecule has 1 aliphatic rings. The number of morpholine rings is 1. The van der Waals surface area contributed by atoms with Crippen molar-refractivity contribution in [3.05, 3.63) is 65.7 Å². The van der Waals surface area contributed by atoms with Gasteiger partial charge < -0.3 is 9.47 Å². The normalized spacial score (nSPS) is 16.8. The number of rotatable bonds is 9. The van der Waals surface area contributed by atoms with Crippen LogP contribution < -0.4 is 4.74 Å². The van der Waals surface area contributed by atoms with E-state index in [0.717, 1.165) is 17.7 Å². The zero-order valence-electron chi connectivity index (χ0n) is 17.8. The molecule has 0 aliphatic carbocycles. The largest absolute Gasteiger partial charge is 0.486 e. The highest BCUT2D eigenvalue weighted by Gasteiger charge is 2.30. The smallest absolute Gasteiger partial charge is 0.416 e. The lowest BCUT2D eigenvalue weighted by Crippen LogP contribution is -2.44. The van der Waals surface area contributed by atoms with Crippen molar-refractivity contribution in [2.75, 3.05) is 45.8 Å². The molecule has 0 aromatic heterocycles. The minimum Gasteiger partial charge on any atom is -0.486 e. The number of halogens is 3. The fourth-order valence-corrected chi connectivity index (χ4v) is 4.99. The maximum absolute atomic E-state index is 12.8. The van der Waals surface area contributed by atoms with Crippen molar-refractivity contribution in [2.24, 2.45) is 0 Å². The molecule has 6 nitrogen and oxygen atoms in total. The summed E-state index contributed by atoms with van der Waals surface area (Å²) in [6, 6.07) is 13.9. The Hall–Kier alpha value is -2.14. The Bertz CT molecular complexity index is 947. The van der Waals surface area contributed by atoms with Crippen LogP contribution in [0.25, 0.3) is 0 Å². The fourth-order valence-electron chi connectivity index (χ4n) is 3.44. The lowest BCUT2D eigenvalue weighted by Gasteiger charge is -2.29. The third-order valence-corrected chi connectivity index (χ3v) is 7.07. The lowest BCUT2D eigenvalue weighted by atomic mass is 10.1. The average Bonchev–Trinajstić information content (AvgIpc) is 2.77. The van der Waals surface area contributed by atoms with E-state index in [1.165, 1.54) is 16.4 Å². The molecule has 0 amide bonds. The third-order valence-electron chi connectivity index (χ3n) is 5.15. The summed E-state index contributed by atoms with van der Waals surface area (Å²) < 4.78 is 76.3. The Kier molecular flexibility index (Phi) is 8.16. The van der Waals surface area contributed by atoms with Crippen LogP contribution in [0.4, 0.5) is 13.2 Å². The van der Waals surface area contributed by atoms with Crippen molar-refractivity contribution in [1.29, 1.82) is 0 Å². The van der Waals surface area contributed by atoms with Crippen LogP contribution in [0.2, 0.25) is 0 Å². The zero-order chi connectivity index (χ0) is 23.2. The Labute approximate surface area is 186 Å². The van der Waals surface area contributed by atoms with Gasteiger partial charge in [-0.1, -0.05) is 30.3 Å². The maximum Gasteiger partial charge on any atom is 0.416 e. The zero-order valence-corrected chi connectivity index (χ0v) is 18.6. The summed E-state index contributed by atoms with van der Waals surface area (Å²) in [7, 11) is -1.72. The van der Waals surface area contributed by atoms with E-state index in [9.17, 15) is 21.6 Å². The fraction of sp³-hybridized carbons (Fsp3) is 0.455. The number of sulfonamides is 1. The van der Waals surface area contributed by atoms with Crippen molar-refractivity contribution in [3.8, 4) is 5.75 Å². The van der Waals surface area contributed by atoms with Crippen molar-refractivity contribution in [3.63, 3.8) is 0 Å². The van der Waals surface area contributed by atoms with Crippen molar-refractivity contribution in [1.82, 2.24) is 9.21 Å². The summed E-state index contributed by atoms with van der Waals surface area (Å²) in [6.45, 7) is 1.89. The summed E-state index contributed by atoms with van der Waals surface area (Å²) in [5.74, 6) is 0.185. The van der Waals surface area contributed by atoms with E-state index < -0.39 is 27.9 Å². The second-order valence-electron chi connectivity index (χ2n) is 7.66. The second-order valence-corrected chi connectivity index (χ2v) is 9.60. The van der Waals surface area contributed by atoms with Gasteiger partial charge in [-0.2, -0.15) is 17.5 Å². The topological polar surface area (TPSA) is 59.1 Å². The van der Waals surface area contributed by atoms with Crippen LogP contribution in [0.3, 0.4) is 0 Å². The maximum atomic E-state index is 12.8. The minimum atomic E-state index is -4.41. The molecular weight excluding hydrogens is 445 g/mol. The highest BCUT2D eigenvalue weighted by molar-refractivity contribution is 7.89. The van der Waals surface area contributed by atoms with Gasteiger partial charge in [0.15, 0.2) is 0 Å². The summed E-state index contributed by atoms with van der Waals surface area (Å²) in [6.07, 6.45) is -4.40. The number of nitrogens with zero attached hydrogens (tertiary/aromatic N) is 2. The molecule has 1 saturated heterocycles. The Balaban J connectivity index is 1.65. The van der Waals surface area contributed by atoms with Gasteiger partial charge in [-0.05, 0) is 36.9 Å². The van der Waals surface area contributed by atoms with Gasteiger partial charge in [0, 0.05) is 26.1 Å². The van der Waals surface area contributed by atoms with Crippen LogP contribution in [-0.2, 0) is 20.9 Å². The molecular formula is C22H27F3N2O4S. The molecule has 1 unspecified atom stereocenters. The van der Waals surface area contributed by atoms with Gasteiger partial charge in [-0.15, -0.1) is 0 Å². The first kappa shape index (κ1) is 24.5. The van der Waals surface area contributed by atoms with E-state index in [1.807, 2.05) is 30.3 Å². The predicted molar refractivity (Wildman–Crippen MR) is 115 cm³/mol. The number of alkyl halides is 3. The van der Waals surface area contributed by atoms with Crippen molar-refractivity contribution >= 4 is 10.0 Å². The summed E-state index contributed by atoms with van der Waals surface area (Å²) >= 11 is 0. The molecule has 2 aromatic carbocycles. The highest BCUT2D eigenvalue weighted by atomic mass is 32.2. The molecule has 32 heavy (non-hydrogen) atoms. The molecule has 1 aliphatic heterocycles. The van der Waals surface area contributed by atoms with Gasteiger partial charge in [0.05, 0.1) is 18.8 Å². The summed E-state index contributed by atoms with van der Waals surface area (Å²) in [4.78, 5) is 1.71. The Morgan fingerprint density at radius 1 is 1.06 bits per heavy atom. The standard InChI is InChI=1S/C22H27F3N2O4S/c1-26(17-32(28,29)27-13-15-30-16-14-27)12-11-21(18-5-3-2-4-6-18)31-20-9-7-19(8-10-20)22(23,24)25/h2-10,21H,11-17H2,1H3. The molecule has 1 fully saturated rings. The van der Waals surface area contributed by atoms with E-state index >= 15 is 0 Å². The van der Waals surface area contributed by atoms with E-state index in [0.29, 0.717) is 45.0 Å². The molecule has 0 bridgehead atoms. The first-order chi connectivity index (χ1) is 15.1. The van der Waals surface area contributed by atoms with Gasteiger partial charge in [-0.25, -0.2) is 8.42 Å². The molecule has 3 rings (SSSR count). The lowest BCUT2D eigenvalue weighted by molar-refractivity contribution is -0.137. The number of hydrogen-bond acceptors (Lipinski definition) is 5. The number of benzene rings is 2. The van der Waals surface area contributed by atoms with E-state index in [2.05, 4.69) is 0 Å². The van der Waals surface area contributed by atoms with Crippen LogP contribution in [0.15, 0.2) is 54.6 Å². The van der Waals surface area contributed by atoms with Crippen LogP contribution in [-0.4, -0.2) is 63.4 Å². The number of ether oxygens (including phenoxy) is 2. The predicted octanol–water partition coefficient (Wildman–Crippen LogP) is 3.77.